The second kappa shape index (κ2) is 6.25. The van der Waals surface area contributed by atoms with Crippen LogP contribution < -0.4 is 10.1 Å². The Bertz CT molecular complexity index is 464. The van der Waals surface area contributed by atoms with Crippen LogP contribution in [0.5, 0.6) is 5.75 Å². The van der Waals surface area contributed by atoms with Crippen molar-refractivity contribution in [3.05, 3.63) is 22.7 Å². The second-order valence-corrected chi connectivity index (χ2v) is 4.89. The first-order chi connectivity index (χ1) is 8.67. The molecule has 0 fully saturated rings. The van der Waals surface area contributed by atoms with E-state index in [1.807, 2.05) is 0 Å². The minimum absolute atomic E-state index is 0.0348. The lowest BCUT2D eigenvalue weighted by molar-refractivity contribution is -0.274. The topological polar surface area (TPSA) is 41.6 Å². The first-order valence-electron chi connectivity index (χ1n) is 5.17. The second-order valence-electron chi connectivity index (χ2n) is 3.97. The van der Waals surface area contributed by atoms with Crippen LogP contribution in [0.2, 0.25) is 0 Å². The molecular formula is C11H12BrF3N2O2. The Morgan fingerprint density at radius 1 is 1.42 bits per heavy atom. The van der Waals surface area contributed by atoms with Crippen molar-refractivity contribution >= 4 is 27.5 Å². The van der Waals surface area contributed by atoms with Crippen LogP contribution in [-0.2, 0) is 4.79 Å². The number of alkyl halides is 3. The van der Waals surface area contributed by atoms with Crippen molar-refractivity contribution in [1.82, 2.24) is 4.90 Å². The number of rotatable bonds is 4. The normalized spacial score (nSPS) is 11.5. The van der Waals surface area contributed by atoms with Gasteiger partial charge < -0.3 is 15.0 Å². The van der Waals surface area contributed by atoms with Gasteiger partial charge in [-0.15, -0.1) is 13.2 Å². The number of hydrogen-bond acceptors (Lipinski definition) is 3. The molecule has 0 saturated carbocycles. The number of ether oxygens (including phenoxy) is 1. The van der Waals surface area contributed by atoms with Crippen molar-refractivity contribution in [2.24, 2.45) is 0 Å². The molecule has 0 aliphatic rings. The van der Waals surface area contributed by atoms with Gasteiger partial charge in [-0.1, -0.05) is 15.9 Å². The van der Waals surface area contributed by atoms with Crippen molar-refractivity contribution in [2.75, 3.05) is 26.0 Å². The molecule has 19 heavy (non-hydrogen) atoms. The van der Waals surface area contributed by atoms with Crippen LogP contribution in [0, 0.1) is 0 Å². The van der Waals surface area contributed by atoms with Gasteiger partial charge in [0.15, 0.2) is 5.75 Å². The molecule has 1 amide bonds. The molecule has 8 heteroatoms. The van der Waals surface area contributed by atoms with E-state index >= 15 is 0 Å². The van der Waals surface area contributed by atoms with Crippen LogP contribution in [-0.4, -0.2) is 37.8 Å². The molecule has 1 aromatic carbocycles. The minimum atomic E-state index is -4.82. The van der Waals surface area contributed by atoms with Gasteiger partial charge in [0.1, 0.15) is 0 Å². The fourth-order valence-corrected chi connectivity index (χ4v) is 1.63. The van der Waals surface area contributed by atoms with Crippen LogP contribution in [0.3, 0.4) is 0 Å². The zero-order valence-electron chi connectivity index (χ0n) is 10.2. The van der Waals surface area contributed by atoms with Gasteiger partial charge in [-0.05, 0) is 32.3 Å². The van der Waals surface area contributed by atoms with Crippen molar-refractivity contribution in [3.63, 3.8) is 0 Å². The Balaban J connectivity index is 2.90. The highest BCUT2D eigenvalue weighted by Crippen LogP contribution is 2.32. The molecule has 1 rings (SSSR count). The number of nitrogens with one attached hydrogen (secondary N) is 1. The van der Waals surface area contributed by atoms with E-state index in [-0.39, 0.29) is 12.2 Å². The van der Waals surface area contributed by atoms with E-state index in [4.69, 9.17) is 0 Å². The standard InChI is InChI=1S/C11H12BrF3N2O2/c1-17(2)6-10(18)16-8-4-3-7(12)5-9(8)19-11(13,14)15/h3-5H,6H2,1-2H3,(H,16,18). The molecule has 0 radical (unpaired) electrons. The number of halogens is 4. The van der Waals surface area contributed by atoms with Gasteiger partial charge in [-0.2, -0.15) is 0 Å². The zero-order chi connectivity index (χ0) is 14.6. The summed E-state index contributed by atoms with van der Waals surface area (Å²) in [6, 6.07) is 3.98. The van der Waals surface area contributed by atoms with Crippen LogP contribution in [0.15, 0.2) is 22.7 Å². The van der Waals surface area contributed by atoms with Gasteiger partial charge in [-0.25, -0.2) is 0 Å². The molecule has 0 saturated heterocycles. The summed E-state index contributed by atoms with van der Waals surface area (Å²) >= 11 is 3.04. The third-order valence-electron chi connectivity index (χ3n) is 1.90. The van der Waals surface area contributed by atoms with E-state index in [0.717, 1.165) is 6.07 Å². The highest BCUT2D eigenvalue weighted by atomic mass is 79.9. The van der Waals surface area contributed by atoms with E-state index in [2.05, 4.69) is 26.0 Å². The summed E-state index contributed by atoms with van der Waals surface area (Å²) in [6.07, 6.45) is -4.82. The van der Waals surface area contributed by atoms with Crippen LogP contribution in [0.25, 0.3) is 0 Å². The van der Waals surface area contributed by atoms with E-state index in [0.29, 0.717) is 4.47 Å². The lowest BCUT2D eigenvalue weighted by Gasteiger charge is -2.15. The molecule has 0 aliphatic carbocycles. The number of carbonyl (C=O) groups is 1. The smallest absolute Gasteiger partial charge is 0.404 e. The first kappa shape index (κ1) is 15.8. The highest BCUT2D eigenvalue weighted by molar-refractivity contribution is 9.10. The van der Waals surface area contributed by atoms with Crippen molar-refractivity contribution in [1.29, 1.82) is 0 Å². The average Bonchev–Trinajstić information content (AvgIpc) is 2.18. The highest BCUT2D eigenvalue weighted by Gasteiger charge is 2.32. The summed E-state index contributed by atoms with van der Waals surface area (Å²) in [6.45, 7) is 0.0571. The zero-order valence-corrected chi connectivity index (χ0v) is 11.8. The lowest BCUT2D eigenvalue weighted by Crippen LogP contribution is -2.27. The van der Waals surface area contributed by atoms with Gasteiger partial charge in [-0.3, -0.25) is 4.79 Å². The average molecular weight is 341 g/mol. The summed E-state index contributed by atoms with van der Waals surface area (Å²) < 4.78 is 41.0. The van der Waals surface area contributed by atoms with Crippen LogP contribution in [0.1, 0.15) is 0 Å². The quantitative estimate of drug-likeness (QED) is 0.916. The van der Waals surface area contributed by atoms with Crippen LogP contribution in [0.4, 0.5) is 18.9 Å². The molecule has 0 aromatic heterocycles. The Hall–Kier alpha value is -1.28. The molecule has 1 aromatic rings. The third kappa shape index (κ3) is 5.93. The van der Waals surface area contributed by atoms with Gasteiger partial charge >= 0.3 is 6.36 Å². The third-order valence-corrected chi connectivity index (χ3v) is 2.40. The van der Waals surface area contributed by atoms with E-state index in [1.54, 1.807) is 19.0 Å². The maximum absolute atomic E-state index is 12.2. The lowest BCUT2D eigenvalue weighted by atomic mass is 10.3. The number of nitrogens with zero attached hydrogens (tertiary/aromatic N) is 1. The van der Waals surface area contributed by atoms with Gasteiger partial charge in [0, 0.05) is 4.47 Å². The number of carbonyl (C=O) groups excluding carboxylic acids is 1. The molecule has 0 atom stereocenters. The number of hydrogen-bond donors (Lipinski definition) is 1. The van der Waals surface area contributed by atoms with Crippen LogP contribution >= 0.6 is 15.9 Å². The van der Waals surface area contributed by atoms with Gasteiger partial charge in [0.2, 0.25) is 5.91 Å². The SMILES string of the molecule is CN(C)CC(=O)Nc1ccc(Br)cc1OC(F)(F)F. The number of benzene rings is 1. The molecule has 0 aliphatic heterocycles. The molecule has 0 spiro atoms. The monoisotopic (exact) mass is 340 g/mol. The molecule has 106 valence electrons. The number of likely N-dealkylation sites (N-methyl/N-ethyl adjacent to an activating group) is 1. The maximum atomic E-state index is 12.2. The van der Waals surface area contributed by atoms with Crippen molar-refractivity contribution in [2.45, 2.75) is 6.36 Å². The first-order valence-corrected chi connectivity index (χ1v) is 5.96. The Kier molecular flexibility index (Phi) is 5.19. The predicted octanol–water partition coefficient (Wildman–Crippen LogP) is 2.85. The summed E-state index contributed by atoms with van der Waals surface area (Å²) in [5.74, 6) is -0.895. The predicted molar refractivity (Wildman–Crippen MR) is 68.0 cm³/mol. The number of amides is 1. The Morgan fingerprint density at radius 3 is 2.58 bits per heavy atom. The van der Waals surface area contributed by atoms with Gasteiger partial charge in [0.25, 0.3) is 0 Å². The van der Waals surface area contributed by atoms with Crippen molar-refractivity contribution < 1.29 is 22.7 Å². The molecule has 1 N–H and O–H groups in total. The fraction of sp³-hybridized carbons (Fsp3) is 0.364. The minimum Gasteiger partial charge on any atom is -0.404 e. The molecular weight excluding hydrogens is 329 g/mol. The fourth-order valence-electron chi connectivity index (χ4n) is 1.29. The largest absolute Gasteiger partial charge is 0.573 e. The Labute approximate surface area is 116 Å². The molecule has 0 heterocycles. The Morgan fingerprint density at radius 2 is 2.05 bits per heavy atom. The van der Waals surface area contributed by atoms with E-state index < -0.39 is 18.0 Å². The number of anilines is 1. The van der Waals surface area contributed by atoms with E-state index in [1.165, 1.54) is 12.1 Å². The summed E-state index contributed by atoms with van der Waals surface area (Å²) in [5.41, 5.74) is -0.0348. The molecule has 0 unspecified atom stereocenters. The molecule has 0 bridgehead atoms. The summed E-state index contributed by atoms with van der Waals surface area (Å²) in [7, 11) is 3.35. The molecule has 4 nitrogen and oxygen atoms in total. The summed E-state index contributed by atoms with van der Waals surface area (Å²) in [5, 5.41) is 2.37. The maximum Gasteiger partial charge on any atom is 0.573 e. The van der Waals surface area contributed by atoms with Gasteiger partial charge in [0.05, 0.1) is 12.2 Å². The van der Waals surface area contributed by atoms with Crippen molar-refractivity contribution in [3.8, 4) is 5.75 Å². The van der Waals surface area contributed by atoms with E-state index in [9.17, 15) is 18.0 Å². The summed E-state index contributed by atoms with van der Waals surface area (Å²) in [4.78, 5) is 13.1.